The Hall–Kier alpha value is -0.590. The molecule has 0 amide bonds. The largest absolute Gasteiger partial charge is 0.415 e. The van der Waals surface area contributed by atoms with Crippen LogP contribution in [0.5, 0.6) is 0 Å². The number of aromatic nitrogens is 2. The van der Waals surface area contributed by atoms with Gasteiger partial charge in [-0.15, -0.1) is 10.2 Å². The lowest BCUT2D eigenvalue weighted by Gasteiger charge is -2.07. The highest BCUT2D eigenvalue weighted by Crippen LogP contribution is 2.16. The average Bonchev–Trinajstić information content (AvgIpc) is 2.60. The lowest BCUT2D eigenvalue weighted by atomic mass is 10.5. The Morgan fingerprint density at radius 1 is 1.43 bits per heavy atom. The first-order valence-corrected chi connectivity index (χ1v) is 5.51. The fourth-order valence-corrected chi connectivity index (χ4v) is 1.62. The van der Waals surface area contributed by atoms with Gasteiger partial charge in [-0.05, 0) is 27.1 Å². The van der Waals surface area contributed by atoms with Crippen LogP contribution in [0.2, 0.25) is 0 Å². The molecule has 0 aromatic carbocycles. The van der Waals surface area contributed by atoms with Crippen LogP contribution >= 0.6 is 11.8 Å². The van der Waals surface area contributed by atoms with E-state index in [0.29, 0.717) is 17.7 Å². The lowest BCUT2D eigenvalue weighted by Crippen LogP contribution is -2.13. The summed E-state index contributed by atoms with van der Waals surface area (Å²) in [6, 6.07) is 0. The van der Waals surface area contributed by atoms with Crippen molar-refractivity contribution in [2.45, 2.75) is 18.2 Å². The van der Waals surface area contributed by atoms with Gasteiger partial charge in [-0.3, -0.25) is 0 Å². The fraction of sp³-hybridized carbons (Fsp3) is 0.750. The zero-order chi connectivity index (χ0) is 10.4. The van der Waals surface area contributed by atoms with Crippen molar-refractivity contribution in [2.24, 2.45) is 5.73 Å². The number of hydrogen-bond acceptors (Lipinski definition) is 6. The summed E-state index contributed by atoms with van der Waals surface area (Å²) in [5.41, 5.74) is 5.35. The van der Waals surface area contributed by atoms with Crippen molar-refractivity contribution >= 4 is 11.8 Å². The van der Waals surface area contributed by atoms with E-state index in [4.69, 9.17) is 10.2 Å². The molecule has 14 heavy (non-hydrogen) atoms. The number of thioether (sulfide) groups is 1. The summed E-state index contributed by atoms with van der Waals surface area (Å²) in [6.45, 7) is 1.39. The van der Waals surface area contributed by atoms with E-state index in [1.54, 1.807) is 11.8 Å². The van der Waals surface area contributed by atoms with Crippen LogP contribution in [0.25, 0.3) is 0 Å². The zero-order valence-corrected chi connectivity index (χ0v) is 9.38. The molecule has 0 unspecified atom stereocenters. The van der Waals surface area contributed by atoms with Crippen LogP contribution in [0.15, 0.2) is 9.64 Å². The maximum Gasteiger partial charge on any atom is 0.276 e. The summed E-state index contributed by atoms with van der Waals surface area (Å²) >= 11 is 1.58. The third kappa shape index (κ3) is 4.08. The van der Waals surface area contributed by atoms with Crippen molar-refractivity contribution < 1.29 is 4.42 Å². The third-order valence-corrected chi connectivity index (χ3v) is 2.50. The van der Waals surface area contributed by atoms with Crippen molar-refractivity contribution in [2.75, 3.05) is 26.4 Å². The molecule has 0 aliphatic heterocycles. The number of nitrogens with two attached hydrogens (primary N) is 1. The minimum Gasteiger partial charge on any atom is -0.415 e. The van der Waals surface area contributed by atoms with Gasteiger partial charge in [-0.1, -0.05) is 11.8 Å². The molecular formula is C8H16N4OS. The van der Waals surface area contributed by atoms with Crippen molar-refractivity contribution in [3.63, 3.8) is 0 Å². The molecule has 5 nitrogen and oxygen atoms in total. The number of hydrogen-bond donors (Lipinski definition) is 1. The van der Waals surface area contributed by atoms with Gasteiger partial charge in [0.05, 0.1) is 6.54 Å². The second-order valence-corrected chi connectivity index (χ2v) is 4.22. The molecule has 0 atom stereocenters. The SMILES string of the molecule is CN(C)CCCSc1nnc(CN)o1. The molecule has 0 aliphatic carbocycles. The predicted octanol–water partition coefficient (Wildman–Crippen LogP) is 0.572. The first kappa shape index (κ1) is 11.5. The Labute approximate surface area is 88.0 Å². The van der Waals surface area contributed by atoms with E-state index in [1.165, 1.54) is 0 Å². The van der Waals surface area contributed by atoms with Gasteiger partial charge in [-0.25, -0.2) is 0 Å². The van der Waals surface area contributed by atoms with Gasteiger partial charge >= 0.3 is 0 Å². The van der Waals surface area contributed by atoms with Crippen molar-refractivity contribution in [3.05, 3.63) is 5.89 Å². The predicted molar refractivity (Wildman–Crippen MR) is 56.1 cm³/mol. The molecule has 1 heterocycles. The van der Waals surface area contributed by atoms with E-state index >= 15 is 0 Å². The highest BCUT2D eigenvalue weighted by molar-refractivity contribution is 7.99. The quantitative estimate of drug-likeness (QED) is 0.554. The topological polar surface area (TPSA) is 68.2 Å². The van der Waals surface area contributed by atoms with Gasteiger partial charge in [0, 0.05) is 5.75 Å². The standard InChI is InChI=1S/C8H16N4OS/c1-12(2)4-3-5-14-8-11-10-7(6-9)13-8/h3-6,9H2,1-2H3. The molecule has 80 valence electrons. The molecule has 0 spiro atoms. The van der Waals surface area contributed by atoms with Crippen molar-refractivity contribution in [1.82, 2.24) is 15.1 Å². The maximum absolute atomic E-state index is 5.35. The van der Waals surface area contributed by atoms with Crippen LogP contribution in [0.1, 0.15) is 12.3 Å². The lowest BCUT2D eigenvalue weighted by molar-refractivity contribution is 0.406. The molecule has 0 saturated heterocycles. The molecule has 1 rings (SSSR count). The molecular weight excluding hydrogens is 200 g/mol. The van der Waals surface area contributed by atoms with E-state index in [-0.39, 0.29) is 0 Å². The van der Waals surface area contributed by atoms with Crippen molar-refractivity contribution in [3.8, 4) is 0 Å². The molecule has 2 N–H and O–H groups in total. The molecule has 0 aliphatic rings. The maximum atomic E-state index is 5.35. The Morgan fingerprint density at radius 2 is 2.21 bits per heavy atom. The van der Waals surface area contributed by atoms with Gasteiger partial charge < -0.3 is 15.1 Å². The molecule has 0 radical (unpaired) electrons. The summed E-state index contributed by atoms with van der Waals surface area (Å²) in [5, 5.41) is 8.25. The van der Waals surface area contributed by atoms with Gasteiger partial charge in [-0.2, -0.15) is 0 Å². The highest BCUT2D eigenvalue weighted by Gasteiger charge is 2.04. The van der Waals surface area contributed by atoms with Crippen LogP contribution in [0.4, 0.5) is 0 Å². The summed E-state index contributed by atoms with van der Waals surface area (Å²) in [5.74, 6) is 1.49. The second-order valence-electron chi connectivity index (χ2n) is 3.17. The van der Waals surface area contributed by atoms with E-state index < -0.39 is 0 Å². The number of rotatable bonds is 6. The van der Waals surface area contributed by atoms with E-state index in [0.717, 1.165) is 18.7 Å². The van der Waals surface area contributed by atoms with E-state index in [9.17, 15) is 0 Å². The molecule has 0 saturated carbocycles. The molecule has 0 fully saturated rings. The van der Waals surface area contributed by atoms with E-state index in [2.05, 4.69) is 29.2 Å². The summed E-state index contributed by atoms with van der Waals surface area (Å²) in [4.78, 5) is 2.15. The second kappa shape index (κ2) is 6.00. The fourth-order valence-electron chi connectivity index (χ4n) is 0.919. The van der Waals surface area contributed by atoms with Gasteiger partial charge in [0.15, 0.2) is 0 Å². The van der Waals surface area contributed by atoms with Crippen LogP contribution < -0.4 is 5.73 Å². The van der Waals surface area contributed by atoms with Crippen LogP contribution in [-0.4, -0.2) is 41.5 Å². The van der Waals surface area contributed by atoms with E-state index in [1.807, 2.05) is 0 Å². The Bertz CT molecular complexity index is 264. The van der Waals surface area contributed by atoms with Gasteiger partial charge in [0.2, 0.25) is 5.89 Å². The normalized spacial score (nSPS) is 11.1. The minimum absolute atomic E-state index is 0.311. The minimum atomic E-state index is 0.311. The molecule has 6 heteroatoms. The Morgan fingerprint density at radius 3 is 2.79 bits per heavy atom. The summed E-state index contributed by atoms with van der Waals surface area (Å²) in [6.07, 6.45) is 1.11. The number of nitrogens with zero attached hydrogens (tertiary/aromatic N) is 3. The first-order valence-electron chi connectivity index (χ1n) is 4.52. The summed E-state index contributed by atoms with van der Waals surface area (Å²) < 4.78 is 5.24. The molecule has 1 aromatic heterocycles. The third-order valence-electron chi connectivity index (χ3n) is 1.60. The van der Waals surface area contributed by atoms with Crippen molar-refractivity contribution in [1.29, 1.82) is 0 Å². The summed E-state index contributed by atoms with van der Waals surface area (Å²) in [7, 11) is 4.12. The Kier molecular flexibility index (Phi) is 4.92. The van der Waals surface area contributed by atoms with Crippen LogP contribution in [0.3, 0.4) is 0 Å². The van der Waals surface area contributed by atoms with Gasteiger partial charge in [0.1, 0.15) is 0 Å². The first-order chi connectivity index (χ1) is 6.72. The molecule has 0 bridgehead atoms. The monoisotopic (exact) mass is 216 g/mol. The van der Waals surface area contributed by atoms with Crippen LogP contribution in [0, 0.1) is 0 Å². The highest BCUT2D eigenvalue weighted by atomic mass is 32.2. The average molecular weight is 216 g/mol. The smallest absolute Gasteiger partial charge is 0.276 e. The van der Waals surface area contributed by atoms with Crippen LogP contribution in [-0.2, 0) is 6.54 Å². The zero-order valence-electron chi connectivity index (χ0n) is 8.56. The van der Waals surface area contributed by atoms with Gasteiger partial charge in [0.25, 0.3) is 5.22 Å². The Balaban J connectivity index is 2.18. The molecule has 1 aromatic rings.